The average molecular weight is 283 g/mol. The van der Waals surface area contributed by atoms with Crippen LogP contribution in [0.5, 0.6) is 0 Å². The van der Waals surface area contributed by atoms with Crippen molar-refractivity contribution in [1.82, 2.24) is 19.2 Å². The van der Waals surface area contributed by atoms with E-state index < -0.39 is 10.0 Å². The number of nitrogens with zero attached hydrogens (tertiary/aromatic N) is 4. The summed E-state index contributed by atoms with van der Waals surface area (Å²) in [5, 5.41) is 0. The minimum absolute atomic E-state index is 0.0810. The van der Waals surface area contributed by atoms with E-state index in [-0.39, 0.29) is 10.8 Å². The van der Waals surface area contributed by atoms with Gasteiger partial charge in [0.25, 0.3) is 0 Å². The number of sulfonamides is 1. The molecule has 19 heavy (non-hydrogen) atoms. The van der Waals surface area contributed by atoms with Crippen LogP contribution in [0.4, 0.5) is 5.95 Å². The Kier molecular flexibility index (Phi) is 3.15. The van der Waals surface area contributed by atoms with E-state index >= 15 is 0 Å². The summed E-state index contributed by atoms with van der Waals surface area (Å²) >= 11 is 0. The van der Waals surface area contributed by atoms with Gasteiger partial charge in [0, 0.05) is 32.2 Å². The number of rotatable bonds is 3. The smallest absolute Gasteiger partial charge is 0.246 e. The predicted molar refractivity (Wildman–Crippen MR) is 69.8 cm³/mol. The molecule has 0 amide bonds. The number of aromatic nitrogens is 2. The third kappa shape index (κ3) is 2.56. The van der Waals surface area contributed by atoms with Crippen molar-refractivity contribution in [2.45, 2.75) is 23.8 Å². The van der Waals surface area contributed by atoms with E-state index in [1.54, 1.807) is 0 Å². The lowest BCUT2D eigenvalue weighted by molar-refractivity contribution is 0.180. The first-order valence-electron chi connectivity index (χ1n) is 6.39. The second-order valence-electron chi connectivity index (χ2n) is 4.95. The SMILES string of the molecule is Nc1ncc(S(=O)(=O)N2CCN(C3CC3)CC2)cn1. The molecule has 2 fully saturated rings. The van der Waals surface area contributed by atoms with E-state index in [1.807, 2.05) is 0 Å². The maximum atomic E-state index is 12.4. The van der Waals surface area contributed by atoms with Gasteiger partial charge in [0.2, 0.25) is 16.0 Å². The molecule has 1 aromatic heterocycles. The highest BCUT2D eigenvalue weighted by Crippen LogP contribution is 2.28. The number of piperazine rings is 1. The van der Waals surface area contributed by atoms with Crippen LogP contribution in [0, 0.1) is 0 Å². The molecule has 1 aromatic rings. The monoisotopic (exact) mass is 283 g/mol. The minimum Gasteiger partial charge on any atom is -0.368 e. The molecule has 0 spiro atoms. The maximum absolute atomic E-state index is 12.4. The number of nitrogens with two attached hydrogens (primary N) is 1. The molecule has 8 heteroatoms. The molecule has 3 rings (SSSR count). The molecule has 0 atom stereocenters. The fraction of sp³-hybridized carbons (Fsp3) is 0.636. The van der Waals surface area contributed by atoms with E-state index in [2.05, 4.69) is 14.9 Å². The summed E-state index contributed by atoms with van der Waals surface area (Å²) in [6.07, 6.45) is 5.03. The van der Waals surface area contributed by atoms with Crippen molar-refractivity contribution in [1.29, 1.82) is 0 Å². The van der Waals surface area contributed by atoms with Crippen LogP contribution in [0.3, 0.4) is 0 Å². The molecule has 2 aliphatic rings. The Bertz CT molecular complexity index is 547. The normalized spacial score (nSPS) is 22.5. The van der Waals surface area contributed by atoms with Crippen molar-refractivity contribution in [2.75, 3.05) is 31.9 Å². The Balaban J connectivity index is 1.72. The Hall–Kier alpha value is -1.25. The third-order valence-corrected chi connectivity index (χ3v) is 5.47. The van der Waals surface area contributed by atoms with Gasteiger partial charge in [-0.2, -0.15) is 4.31 Å². The van der Waals surface area contributed by atoms with Crippen LogP contribution >= 0.6 is 0 Å². The van der Waals surface area contributed by atoms with Gasteiger partial charge < -0.3 is 5.73 Å². The molecule has 104 valence electrons. The van der Waals surface area contributed by atoms with Crippen LogP contribution < -0.4 is 5.73 Å². The molecule has 7 nitrogen and oxygen atoms in total. The van der Waals surface area contributed by atoms with Gasteiger partial charge in [-0.1, -0.05) is 0 Å². The fourth-order valence-corrected chi connectivity index (χ4v) is 3.67. The van der Waals surface area contributed by atoms with E-state index in [0.717, 1.165) is 13.1 Å². The minimum atomic E-state index is -3.48. The zero-order valence-electron chi connectivity index (χ0n) is 10.6. The van der Waals surface area contributed by atoms with Crippen molar-refractivity contribution in [3.8, 4) is 0 Å². The predicted octanol–water partition coefficient (Wildman–Crippen LogP) is -0.472. The van der Waals surface area contributed by atoms with Gasteiger partial charge in [-0.25, -0.2) is 18.4 Å². The highest BCUT2D eigenvalue weighted by atomic mass is 32.2. The number of hydrogen-bond donors (Lipinski definition) is 1. The van der Waals surface area contributed by atoms with E-state index in [9.17, 15) is 8.42 Å². The van der Waals surface area contributed by atoms with Crippen LogP contribution in [-0.4, -0.2) is 59.8 Å². The summed E-state index contributed by atoms with van der Waals surface area (Å²) in [6, 6.07) is 0.685. The molecule has 0 unspecified atom stereocenters. The van der Waals surface area contributed by atoms with Gasteiger partial charge in [0.05, 0.1) is 12.4 Å². The molecular formula is C11H17N5O2S. The average Bonchev–Trinajstić information content (AvgIpc) is 3.24. The molecule has 0 aromatic carbocycles. The Morgan fingerprint density at radius 2 is 1.68 bits per heavy atom. The topological polar surface area (TPSA) is 92.4 Å². The lowest BCUT2D eigenvalue weighted by Gasteiger charge is -2.33. The molecule has 0 radical (unpaired) electrons. The maximum Gasteiger partial charge on any atom is 0.246 e. The Morgan fingerprint density at radius 1 is 1.11 bits per heavy atom. The summed E-state index contributed by atoms with van der Waals surface area (Å²) in [5.74, 6) is 0.0810. The van der Waals surface area contributed by atoms with Crippen molar-refractivity contribution >= 4 is 16.0 Å². The molecule has 2 N–H and O–H groups in total. The molecule has 0 bridgehead atoms. The van der Waals surface area contributed by atoms with Crippen LogP contribution in [0.25, 0.3) is 0 Å². The molecule has 2 heterocycles. The Morgan fingerprint density at radius 3 is 2.21 bits per heavy atom. The van der Waals surface area contributed by atoms with Crippen LogP contribution in [0.1, 0.15) is 12.8 Å². The first-order chi connectivity index (χ1) is 9.07. The number of anilines is 1. The first kappa shape index (κ1) is 12.8. The van der Waals surface area contributed by atoms with E-state index in [4.69, 9.17) is 5.73 Å². The highest BCUT2D eigenvalue weighted by Gasteiger charge is 2.35. The van der Waals surface area contributed by atoms with E-state index in [0.29, 0.717) is 19.1 Å². The van der Waals surface area contributed by atoms with Crippen LogP contribution in [0.15, 0.2) is 17.3 Å². The van der Waals surface area contributed by atoms with Gasteiger partial charge in [0.15, 0.2) is 0 Å². The van der Waals surface area contributed by atoms with Gasteiger partial charge >= 0.3 is 0 Å². The lowest BCUT2D eigenvalue weighted by atomic mass is 10.3. The van der Waals surface area contributed by atoms with Gasteiger partial charge in [0.1, 0.15) is 4.90 Å². The summed E-state index contributed by atoms with van der Waals surface area (Å²) in [7, 11) is -3.48. The highest BCUT2D eigenvalue weighted by molar-refractivity contribution is 7.89. The van der Waals surface area contributed by atoms with Crippen LogP contribution in [-0.2, 0) is 10.0 Å². The van der Waals surface area contributed by atoms with Gasteiger partial charge in [-0.3, -0.25) is 4.90 Å². The zero-order chi connectivity index (χ0) is 13.5. The standard InChI is InChI=1S/C11H17N5O2S/c12-11-13-7-10(8-14-11)19(17,18)16-5-3-15(4-6-16)9-1-2-9/h7-9H,1-6H2,(H2,12,13,14). The molecule has 1 saturated carbocycles. The quantitative estimate of drug-likeness (QED) is 0.806. The molecular weight excluding hydrogens is 266 g/mol. The third-order valence-electron chi connectivity index (χ3n) is 3.62. The van der Waals surface area contributed by atoms with Crippen molar-refractivity contribution in [3.63, 3.8) is 0 Å². The second kappa shape index (κ2) is 4.69. The van der Waals surface area contributed by atoms with Gasteiger partial charge in [-0.05, 0) is 12.8 Å². The molecule has 1 saturated heterocycles. The largest absolute Gasteiger partial charge is 0.368 e. The fourth-order valence-electron chi connectivity index (χ4n) is 2.36. The second-order valence-corrected chi connectivity index (χ2v) is 6.89. The van der Waals surface area contributed by atoms with Crippen LogP contribution in [0.2, 0.25) is 0 Å². The van der Waals surface area contributed by atoms with Gasteiger partial charge in [-0.15, -0.1) is 0 Å². The number of nitrogen functional groups attached to an aromatic ring is 1. The van der Waals surface area contributed by atoms with E-state index in [1.165, 1.54) is 29.5 Å². The molecule has 1 aliphatic carbocycles. The zero-order valence-corrected chi connectivity index (χ0v) is 11.4. The summed E-state index contributed by atoms with van der Waals surface area (Å²) in [5.41, 5.74) is 5.37. The van der Waals surface area contributed by atoms with Crippen molar-refractivity contribution < 1.29 is 8.42 Å². The van der Waals surface area contributed by atoms with Crippen molar-refractivity contribution in [3.05, 3.63) is 12.4 Å². The summed E-state index contributed by atoms with van der Waals surface area (Å²) in [4.78, 5) is 9.97. The Labute approximate surface area is 112 Å². The molecule has 1 aliphatic heterocycles. The lowest BCUT2D eigenvalue weighted by Crippen LogP contribution is -2.49. The first-order valence-corrected chi connectivity index (χ1v) is 7.83. The number of hydrogen-bond acceptors (Lipinski definition) is 6. The van der Waals surface area contributed by atoms with Crippen molar-refractivity contribution in [2.24, 2.45) is 0 Å². The summed E-state index contributed by atoms with van der Waals surface area (Å²) < 4.78 is 26.3. The summed E-state index contributed by atoms with van der Waals surface area (Å²) in [6.45, 7) is 2.67.